The summed E-state index contributed by atoms with van der Waals surface area (Å²) >= 11 is 0. The molecule has 1 aromatic rings. The summed E-state index contributed by atoms with van der Waals surface area (Å²) in [5.41, 5.74) is 14.0. The van der Waals surface area contributed by atoms with Crippen LogP contribution in [0.5, 0.6) is 0 Å². The highest BCUT2D eigenvalue weighted by Crippen LogP contribution is 2.27. The Morgan fingerprint density at radius 3 is 2.20 bits per heavy atom. The molecule has 0 spiro atoms. The van der Waals surface area contributed by atoms with Crippen LogP contribution < -0.4 is 11.5 Å². The normalized spacial score (nSPS) is 14.6. The predicted molar refractivity (Wildman–Crippen MR) is 83.2 cm³/mol. The number of benzene rings is 1. The number of hydrogen-bond donors (Lipinski definition) is 2. The molecule has 1 rings (SSSR count). The van der Waals surface area contributed by atoms with E-state index in [1.807, 2.05) is 0 Å². The minimum absolute atomic E-state index is 0.00750. The highest BCUT2D eigenvalue weighted by atomic mass is 16.1. The van der Waals surface area contributed by atoms with E-state index in [-0.39, 0.29) is 30.6 Å². The Morgan fingerprint density at radius 1 is 1.25 bits per heavy atom. The lowest BCUT2D eigenvalue weighted by atomic mass is 9.94. The molecule has 0 heterocycles. The van der Waals surface area contributed by atoms with Gasteiger partial charge in [-0.2, -0.15) is 0 Å². The molecule has 20 heavy (non-hydrogen) atoms. The number of hydrogen-bond acceptors (Lipinski definition) is 3. The molecule has 1 amide bonds. The number of nitrogens with two attached hydrogens (primary N) is 2. The van der Waals surface area contributed by atoms with Gasteiger partial charge < -0.3 is 11.5 Å². The molecule has 0 aliphatic heterocycles. The van der Waals surface area contributed by atoms with E-state index in [1.54, 1.807) is 0 Å². The van der Waals surface area contributed by atoms with E-state index in [0.29, 0.717) is 0 Å². The van der Waals surface area contributed by atoms with Crippen LogP contribution in [-0.2, 0) is 4.79 Å². The standard InChI is InChI=1S/C16H27N3O/c1-5-14(17)16(13-8-6-12(4)7-9-13)19(11(2)3)10-15(18)20/h6-9,11,14,16H,5,10,17H2,1-4H3,(H2,18,20). The molecule has 0 fully saturated rings. The summed E-state index contributed by atoms with van der Waals surface area (Å²) in [7, 11) is 0. The molecule has 0 radical (unpaired) electrons. The number of carbonyl (C=O) groups is 1. The van der Waals surface area contributed by atoms with Gasteiger partial charge in [-0.15, -0.1) is 0 Å². The van der Waals surface area contributed by atoms with E-state index in [4.69, 9.17) is 11.5 Å². The van der Waals surface area contributed by atoms with Gasteiger partial charge in [0.25, 0.3) is 0 Å². The molecule has 0 saturated heterocycles. The number of amides is 1. The van der Waals surface area contributed by atoms with Crippen LogP contribution in [0, 0.1) is 6.92 Å². The van der Waals surface area contributed by atoms with Crippen molar-refractivity contribution in [1.29, 1.82) is 0 Å². The van der Waals surface area contributed by atoms with Crippen molar-refractivity contribution < 1.29 is 4.79 Å². The van der Waals surface area contributed by atoms with E-state index in [1.165, 1.54) is 5.56 Å². The van der Waals surface area contributed by atoms with Crippen LogP contribution in [0.3, 0.4) is 0 Å². The van der Waals surface area contributed by atoms with Crippen molar-refractivity contribution in [3.63, 3.8) is 0 Å². The van der Waals surface area contributed by atoms with Crippen molar-refractivity contribution in [2.24, 2.45) is 11.5 Å². The smallest absolute Gasteiger partial charge is 0.231 e. The van der Waals surface area contributed by atoms with Crippen molar-refractivity contribution >= 4 is 5.91 Å². The van der Waals surface area contributed by atoms with Crippen LogP contribution in [0.2, 0.25) is 0 Å². The first-order valence-electron chi connectivity index (χ1n) is 7.23. The summed E-state index contributed by atoms with van der Waals surface area (Å²) < 4.78 is 0. The Hall–Kier alpha value is -1.39. The van der Waals surface area contributed by atoms with E-state index < -0.39 is 0 Å². The third kappa shape index (κ3) is 4.32. The average molecular weight is 277 g/mol. The van der Waals surface area contributed by atoms with Gasteiger partial charge in [0.1, 0.15) is 0 Å². The zero-order valence-electron chi connectivity index (χ0n) is 13.0. The zero-order valence-corrected chi connectivity index (χ0v) is 13.0. The number of aryl methyl sites for hydroxylation is 1. The fourth-order valence-corrected chi connectivity index (χ4v) is 2.45. The maximum atomic E-state index is 11.4. The summed E-state index contributed by atoms with van der Waals surface area (Å²) in [5, 5.41) is 0. The second-order valence-corrected chi connectivity index (χ2v) is 5.66. The fourth-order valence-electron chi connectivity index (χ4n) is 2.45. The molecule has 4 heteroatoms. The average Bonchev–Trinajstić information content (AvgIpc) is 2.39. The summed E-state index contributed by atoms with van der Waals surface area (Å²) in [5.74, 6) is -0.320. The second kappa shape index (κ2) is 7.41. The Kier molecular flexibility index (Phi) is 6.17. The summed E-state index contributed by atoms with van der Waals surface area (Å²) in [6.07, 6.45) is 0.848. The van der Waals surface area contributed by atoms with Gasteiger partial charge in [-0.3, -0.25) is 9.69 Å². The number of primary amides is 1. The summed E-state index contributed by atoms with van der Waals surface area (Å²) in [6, 6.07) is 8.51. The topological polar surface area (TPSA) is 72.3 Å². The molecule has 4 nitrogen and oxygen atoms in total. The van der Waals surface area contributed by atoms with Gasteiger partial charge in [-0.05, 0) is 32.8 Å². The molecular weight excluding hydrogens is 250 g/mol. The van der Waals surface area contributed by atoms with Gasteiger partial charge in [0.05, 0.1) is 12.6 Å². The van der Waals surface area contributed by atoms with Crippen molar-refractivity contribution in [1.82, 2.24) is 4.90 Å². The molecule has 0 bridgehead atoms. The van der Waals surface area contributed by atoms with Crippen molar-refractivity contribution in [2.75, 3.05) is 6.54 Å². The summed E-state index contributed by atoms with van der Waals surface area (Å²) in [6.45, 7) is 8.47. The van der Waals surface area contributed by atoms with Gasteiger partial charge >= 0.3 is 0 Å². The lowest BCUT2D eigenvalue weighted by Crippen LogP contribution is -2.47. The Bertz CT molecular complexity index is 428. The zero-order chi connectivity index (χ0) is 15.3. The fraction of sp³-hybridized carbons (Fsp3) is 0.562. The van der Waals surface area contributed by atoms with Gasteiger partial charge in [0.2, 0.25) is 5.91 Å². The van der Waals surface area contributed by atoms with Crippen LogP contribution in [-0.4, -0.2) is 29.4 Å². The van der Waals surface area contributed by atoms with Crippen molar-refractivity contribution in [3.8, 4) is 0 Å². The predicted octanol–water partition coefficient (Wildman–Crippen LogP) is 1.97. The molecule has 2 unspecified atom stereocenters. The third-order valence-corrected chi connectivity index (χ3v) is 3.65. The molecule has 0 aliphatic carbocycles. The van der Waals surface area contributed by atoms with Crippen LogP contribution in [0.25, 0.3) is 0 Å². The third-order valence-electron chi connectivity index (χ3n) is 3.65. The Morgan fingerprint density at radius 2 is 1.80 bits per heavy atom. The lowest BCUT2D eigenvalue weighted by Gasteiger charge is -2.37. The first kappa shape index (κ1) is 16.7. The lowest BCUT2D eigenvalue weighted by molar-refractivity contribution is -0.120. The van der Waals surface area contributed by atoms with Crippen LogP contribution in [0.4, 0.5) is 0 Å². The molecule has 4 N–H and O–H groups in total. The molecule has 1 aromatic carbocycles. The number of carbonyl (C=O) groups excluding carboxylic acids is 1. The molecule has 0 aliphatic rings. The van der Waals surface area contributed by atoms with Gasteiger partial charge in [-0.25, -0.2) is 0 Å². The van der Waals surface area contributed by atoms with E-state index in [0.717, 1.165) is 12.0 Å². The van der Waals surface area contributed by atoms with E-state index in [2.05, 4.69) is 56.9 Å². The maximum Gasteiger partial charge on any atom is 0.231 e. The van der Waals surface area contributed by atoms with Gasteiger partial charge in [-0.1, -0.05) is 36.8 Å². The quantitative estimate of drug-likeness (QED) is 0.800. The van der Waals surface area contributed by atoms with Gasteiger partial charge in [0, 0.05) is 12.1 Å². The first-order valence-corrected chi connectivity index (χ1v) is 7.23. The number of nitrogens with zero attached hydrogens (tertiary/aromatic N) is 1. The highest BCUT2D eigenvalue weighted by molar-refractivity contribution is 5.76. The SMILES string of the molecule is CCC(N)C(c1ccc(C)cc1)N(CC(N)=O)C(C)C. The Balaban J connectivity index is 3.14. The van der Waals surface area contributed by atoms with Crippen LogP contribution >= 0.6 is 0 Å². The van der Waals surface area contributed by atoms with Crippen molar-refractivity contribution in [3.05, 3.63) is 35.4 Å². The minimum atomic E-state index is -0.320. The van der Waals surface area contributed by atoms with Crippen LogP contribution in [0.1, 0.15) is 44.4 Å². The summed E-state index contributed by atoms with van der Waals surface area (Å²) in [4.78, 5) is 13.4. The van der Waals surface area contributed by atoms with E-state index >= 15 is 0 Å². The van der Waals surface area contributed by atoms with E-state index in [9.17, 15) is 4.79 Å². The molecule has 0 aromatic heterocycles. The minimum Gasteiger partial charge on any atom is -0.369 e. The largest absolute Gasteiger partial charge is 0.369 e. The Labute approximate surface area is 122 Å². The molecule has 2 atom stereocenters. The molecular formula is C16H27N3O. The first-order chi connectivity index (χ1) is 9.36. The maximum absolute atomic E-state index is 11.4. The van der Waals surface area contributed by atoms with Gasteiger partial charge in [0.15, 0.2) is 0 Å². The molecule has 0 saturated carbocycles. The molecule has 112 valence electrons. The number of rotatable bonds is 7. The van der Waals surface area contributed by atoms with Crippen LogP contribution in [0.15, 0.2) is 24.3 Å². The van der Waals surface area contributed by atoms with Crippen molar-refractivity contribution in [2.45, 2.75) is 52.2 Å². The monoisotopic (exact) mass is 277 g/mol. The highest BCUT2D eigenvalue weighted by Gasteiger charge is 2.28. The second-order valence-electron chi connectivity index (χ2n) is 5.66.